The highest BCUT2D eigenvalue weighted by Gasteiger charge is 2.06. The van der Waals surface area contributed by atoms with Crippen LogP contribution >= 0.6 is 22.9 Å². The van der Waals surface area contributed by atoms with Crippen molar-refractivity contribution in [3.05, 3.63) is 45.9 Å². The molecule has 2 N–H and O–H groups in total. The van der Waals surface area contributed by atoms with Crippen molar-refractivity contribution in [2.75, 3.05) is 7.11 Å². The maximum Gasteiger partial charge on any atom is 0.176 e. The molecule has 0 radical (unpaired) electrons. The number of thiazole rings is 1. The molecule has 112 valence electrons. The van der Waals surface area contributed by atoms with Crippen LogP contribution in [0.3, 0.4) is 0 Å². The van der Waals surface area contributed by atoms with Crippen LogP contribution in [0.15, 0.2) is 30.3 Å². The van der Waals surface area contributed by atoms with E-state index in [-0.39, 0.29) is 16.5 Å². The third-order valence-electron chi connectivity index (χ3n) is 3.10. The van der Waals surface area contributed by atoms with Gasteiger partial charge in [0.05, 0.1) is 22.3 Å². The van der Waals surface area contributed by atoms with Gasteiger partial charge >= 0.3 is 0 Å². The van der Waals surface area contributed by atoms with Crippen molar-refractivity contribution in [3.63, 3.8) is 0 Å². The molecule has 0 atom stereocenters. The zero-order valence-electron chi connectivity index (χ0n) is 11.6. The summed E-state index contributed by atoms with van der Waals surface area (Å²) in [5.74, 6) is 0.231. The van der Waals surface area contributed by atoms with Crippen LogP contribution in [-0.2, 0) is 0 Å². The Morgan fingerprint density at radius 2 is 2.00 bits per heavy atom. The summed E-state index contributed by atoms with van der Waals surface area (Å²) in [6, 6.07) is 8.73. The van der Waals surface area contributed by atoms with Crippen molar-refractivity contribution >= 4 is 45.3 Å². The summed E-state index contributed by atoms with van der Waals surface area (Å²) in [6.07, 6.45) is 3.61. The van der Waals surface area contributed by atoms with E-state index in [1.807, 2.05) is 24.3 Å². The zero-order chi connectivity index (χ0) is 15.7. The average Bonchev–Trinajstić information content (AvgIpc) is 2.92. The van der Waals surface area contributed by atoms with E-state index >= 15 is 0 Å². The number of benzene rings is 2. The highest BCUT2D eigenvalue weighted by atomic mass is 35.5. The summed E-state index contributed by atoms with van der Waals surface area (Å²) in [6.45, 7) is 0. The number of aromatic hydroxyl groups is 2. The van der Waals surface area contributed by atoms with Crippen LogP contribution in [-0.4, -0.2) is 22.3 Å². The summed E-state index contributed by atoms with van der Waals surface area (Å²) in [5.41, 5.74) is 1.58. The lowest BCUT2D eigenvalue weighted by atomic mass is 10.2. The van der Waals surface area contributed by atoms with Gasteiger partial charge in [0.25, 0.3) is 0 Å². The van der Waals surface area contributed by atoms with Gasteiger partial charge in [-0.15, -0.1) is 11.3 Å². The molecule has 0 unspecified atom stereocenters. The molecule has 0 aliphatic carbocycles. The first kappa shape index (κ1) is 14.7. The molecule has 0 saturated heterocycles. The van der Waals surface area contributed by atoms with Crippen LogP contribution in [0, 0.1) is 0 Å². The Labute approximate surface area is 135 Å². The molecule has 0 bridgehead atoms. The maximum atomic E-state index is 9.55. The van der Waals surface area contributed by atoms with E-state index in [2.05, 4.69) is 4.98 Å². The van der Waals surface area contributed by atoms with Gasteiger partial charge in [0, 0.05) is 0 Å². The van der Waals surface area contributed by atoms with Gasteiger partial charge < -0.3 is 14.9 Å². The monoisotopic (exact) mass is 333 g/mol. The second-order valence-electron chi connectivity index (χ2n) is 4.59. The van der Waals surface area contributed by atoms with Gasteiger partial charge in [-0.1, -0.05) is 17.7 Å². The number of nitrogens with zero attached hydrogens (tertiary/aromatic N) is 1. The summed E-state index contributed by atoms with van der Waals surface area (Å²) in [5, 5.41) is 19.9. The van der Waals surface area contributed by atoms with Crippen LogP contribution in [0.5, 0.6) is 17.2 Å². The lowest BCUT2D eigenvalue weighted by Crippen LogP contribution is -1.80. The van der Waals surface area contributed by atoms with Crippen LogP contribution in [0.4, 0.5) is 0 Å². The van der Waals surface area contributed by atoms with Crippen molar-refractivity contribution in [1.29, 1.82) is 0 Å². The van der Waals surface area contributed by atoms with Crippen molar-refractivity contribution in [2.24, 2.45) is 0 Å². The van der Waals surface area contributed by atoms with E-state index in [4.69, 9.17) is 16.3 Å². The predicted molar refractivity (Wildman–Crippen MR) is 89.9 cm³/mol. The third-order valence-corrected chi connectivity index (χ3v) is 4.37. The summed E-state index contributed by atoms with van der Waals surface area (Å²) in [4.78, 5) is 4.50. The molecule has 0 amide bonds. The van der Waals surface area contributed by atoms with Crippen LogP contribution < -0.4 is 4.74 Å². The number of rotatable bonds is 3. The number of ether oxygens (including phenoxy) is 1. The largest absolute Gasteiger partial charge is 0.504 e. The molecule has 0 aliphatic heterocycles. The molecule has 1 heterocycles. The first-order valence-corrected chi connectivity index (χ1v) is 7.60. The van der Waals surface area contributed by atoms with Gasteiger partial charge in [-0.25, -0.2) is 4.98 Å². The Morgan fingerprint density at radius 3 is 2.73 bits per heavy atom. The van der Waals surface area contributed by atoms with Gasteiger partial charge in [-0.2, -0.15) is 0 Å². The van der Waals surface area contributed by atoms with E-state index in [9.17, 15) is 10.2 Å². The summed E-state index contributed by atoms with van der Waals surface area (Å²) < 4.78 is 6.23. The number of hydrogen-bond donors (Lipinski definition) is 2. The SMILES string of the molecule is COc1ccc2nc(/C=C/c3cc(O)c(O)c(Cl)c3)sc2c1. The van der Waals surface area contributed by atoms with Gasteiger partial charge in [0.15, 0.2) is 11.5 Å². The second kappa shape index (κ2) is 5.87. The van der Waals surface area contributed by atoms with E-state index < -0.39 is 0 Å². The number of phenolic OH excluding ortho intramolecular Hbond substituents is 2. The highest BCUT2D eigenvalue weighted by molar-refractivity contribution is 7.19. The van der Waals surface area contributed by atoms with Crippen LogP contribution in [0.2, 0.25) is 5.02 Å². The molecule has 22 heavy (non-hydrogen) atoms. The minimum atomic E-state index is -0.314. The molecule has 6 heteroatoms. The number of halogens is 1. The van der Waals surface area contributed by atoms with Crippen LogP contribution in [0.25, 0.3) is 22.4 Å². The van der Waals surface area contributed by atoms with Crippen molar-refractivity contribution in [2.45, 2.75) is 0 Å². The molecular formula is C16H12ClNO3S. The lowest BCUT2D eigenvalue weighted by molar-refractivity contribution is 0.404. The Bertz CT molecular complexity index is 850. The minimum absolute atomic E-state index is 0.105. The fourth-order valence-corrected chi connectivity index (χ4v) is 3.11. The molecule has 1 aromatic heterocycles. The van der Waals surface area contributed by atoms with Crippen molar-refractivity contribution < 1.29 is 14.9 Å². The Balaban J connectivity index is 1.92. The highest BCUT2D eigenvalue weighted by Crippen LogP contribution is 2.35. The fraction of sp³-hybridized carbons (Fsp3) is 0.0625. The van der Waals surface area contributed by atoms with Crippen molar-refractivity contribution in [1.82, 2.24) is 4.98 Å². The number of hydrogen-bond acceptors (Lipinski definition) is 5. The normalized spacial score (nSPS) is 11.4. The maximum absolute atomic E-state index is 9.55. The average molecular weight is 334 g/mol. The number of methoxy groups -OCH3 is 1. The summed E-state index contributed by atoms with van der Waals surface area (Å²) >= 11 is 7.36. The first-order chi connectivity index (χ1) is 10.6. The Morgan fingerprint density at radius 1 is 1.18 bits per heavy atom. The van der Waals surface area contributed by atoms with E-state index in [0.29, 0.717) is 5.56 Å². The molecule has 0 fully saturated rings. The van der Waals surface area contributed by atoms with E-state index in [1.165, 1.54) is 17.4 Å². The second-order valence-corrected chi connectivity index (χ2v) is 6.06. The van der Waals surface area contributed by atoms with Gasteiger partial charge in [-0.05, 0) is 42.0 Å². The minimum Gasteiger partial charge on any atom is -0.504 e. The molecule has 3 rings (SSSR count). The molecule has 3 aromatic rings. The number of phenols is 2. The van der Waals surface area contributed by atoms with Crippen LogP contribution in [0.1, 0.15) is 10.6 Å². The standard InChI is InChI=1S/C16H12ClNO3S/c1-21-10-3-4-12-14(8-10)22-15(18-12)5-2-9-6-11(17)16(20)13(19)7-9/h2-8,19-20H,1H3/b5-2+. The molecule has 0 aliphatic rings. The smallest absolute Gasteiger partial charge is 0.176 e. The fourth-order valence-electron chi connectivity index (χ4n) is 1.99. The Kier molecular flexibility index (Phi) is 3.92. The van der Waals surface area contributed by atoms with E-state index in [1.54, 1.807) is 19.3 Å². The molecular weight excluding hydrogens is 322 g/mol. The zero-order valence-corrected chi connectivity index (χ0v) is 13.1. The van der Waals surface area contributed by atoms with Gasteiger partial charge in [0.1, 0.15) is 10.8 Å². The predicted octanol–water partition coefficient (Wildman–Crippen LogP) is 4.54. The molecule has 0 saturated carbocycles. The lowest BCUT2D eigenvalue weighted by Gasteiger charge is -2.01. The number of fused-ring (bicyclic) bond motifs is 1. The molecule has 0 spiro atoms. The summed E-state index contributed by atoms with van der Waals surface area (Å²) in [7, 11) is 1.63. The molecule has 4 nitrogen and oxygen atoms in total. The van der Waals surface area contributed by atoms with E-state index in [0.717, 1.165) is 21.0 Å². The third kappa shape index (κ3) is 2.86. The first-order valence-electron chi connectivity index (χ1n) is 6.41. The van der Waals surface area contributed by atoms with Gasteiger partial charge in [-0.3, -0.25) is 0 Å². The quantitative estimate of drug-likeness (QED) is 0.691. The topological polar surface area (TPSA) is 62.6 Å². The van der Waals surface area contributed by atoms with Gasteiger partial charge in [0.2, 0.25) is 0 Å². The Hall–Kier alpha value is -2.24. The molecule has 2 aromatic carbocycles. The number of aromatic nitrogens is 1. The van der Waals surface area contributed by atoms with Crippen molar-refractivity contribution in [3.8, 4) is 17.2 Å².